The van der Waals surface area contributed by atoms with Gasteiger partial charge in [-0.25, -0.2) is 0 Å². The summed E-state index contributed by atoms with van der Waals surface area (Å²) in [5, 5.41) is 11.7. The molecule has 0 aromatic heterocycles. The fraction of sp³-hybridized carbons (Fsp3) is 0.250. The molecule has 84 valence electrons. The Morgan fingerprint density at radius 1 is 1.50 bits per heavy atom. The largest absolute Gasteiger partial charge is 0.480 e. The van der Waals surface area contributed by atoms with Gasteiger partial charge in [0.1, 0.15) is 6.04 Å². The zero-order chi connectivity index (χ0) is 12.0. The third-order valence-electron chi connectivity index (χ3n) is 2.17. The maximum Gasteiger partial charge on any atom is 0.321 e. The number of carboxylic acid groups (broad SMARTS) is 1. The molecule has 0 bridgehead atoms. The monoisotopic (exact) mass is 218 g/mol. The number of nitrogens with two attached hydrogens (primary N) is 1. The quantitative estimate of drug-likeness (QED) is 0.496. The molecule has 0 spiro atoms. The van der Waals surface area contributed by atoms with Gasteiger partial charge in [0.25, 0.3) is 0 Å². The molecule has 0 saturated heterocycles. The van der Waals surface area contributed by atoms with Crippen molar-refractivity contribution in [3.8, 4) is 12.3 Å². The van der Waals surface area contributed by atoms with Crippen molar-refractivity contribution in [3.05, 3.63) is 29.8 Å². The predicted molar refractivity (Wildman–Crippen MR) is 62.8 cm³/mol. The van der Waals surface area contributed by atoms with Crippen LogP contribution in [0.5, 0.6) is 0 Å². The molecule has 0 aliphatic carbocycles. The van der Waals surface area contributed by atoms with Gasteiger partial charge >= 0.3 is 5.97 Å². The topological polar surface area (TPSA) is 75.3 Å². The van der Waals surface area contributed by atoms with Crippen LogP contribution in [0, 0.1) is 12.3 Å². The second kappa shape index (κ2) is 5.79. The van der Waals surface area contributed by atoms with Crippen LogP contribution in [-0.2, 0) is 11.2 Å². The molecule has 1 aromatic carbocycles. The van der Waals surface area contributed by atoms with Crippen LogP contribution < -0.4 is 11.1 Å². The van der Waals surface area contributed by atoms with Crippen molar-refractivity contribution in [2.75, 3.05) is 12.3 Å². The fourth-order valence-electron chi connectivity index (χ4n) is 1.32. The lowest BCUT2D eigenvalue weighted by Gasteiger charge is -2.12. The number of terminal acetylenes is 1. The smallest absolute Gasteiger partial charge is 0.321 e. The molecule has 4 N–H and O–H groups in total. The molecular formula is C12H14N2O2. The van der Waals surface area contributed by atoms with Crippen molar-refractivity contribution in [2.24, 2.45) is 0 Å². The summed E-state index contributed by atoms with van der Waals surface area (Å²) < 4.78 is 0. The van der Waals surface area contributed by atoms with Gasteiger partial charge in [0, 0.05) is 5.69 Å². The molecule has 0 aliphatic rings. The number of anilines is 1. The second-order valence-corrected chi connectivity index (χ2v) is 3.42. The maximum atomic E-state index is 10.9. The summed E-state index contributed by atoms with van der Waals surface area (Å²) in [6.45, 7) is 0.242. The minimum atomic E-state index is -0.910. The molecular weight excluding hydrogens is 204 g/mol. The van der Waals surface area contributed by atoms with Gasteiger partial charge in [-0.2, -0.15) is 0 Å². The van der Waals surface area contributed by atoms with Crippen LogP contribution in [0.3, 0.4) is 0 Å². The van der Waals surface area contributed by atoms with Crippen LogP contribution in [-0.4, -0.2) is 23.7 Å². The number of aliphatic carboxylic acids is 1. The highest BCUT2D eigenvalue weighted by Gasteiger charge is 2.16. The summed E-state index contributed by atoms with van der Waals surface area (Å²) in [5.74, 6) is 1.44. The van der Waals surface area contributed by atoms with Crippen LogP contribution >= 0.6 is 0 Å². The SMILES string of the molecule is C#CCN[C@@H](Cc1ccc(N)cc1)C(=O)O. The fourth-order valence-corrected chi connectivity index (χ4v) is 1.32. The van der Waals surface area contributed by atoms with Crippen molar-refractivity contribution in [1.82, 2.24) is 5.32 Å². The average molecular weight is 218 g/mol. The van der Waals surface area contributed by atoms with E-state index in [-0.39, 0.29) is 6.54 Å². The Morgan fingerprint density at radius 3 is 2.62 bits per heavy atom. The lowest BCUT2D eigenvalue weighted by Crippen LogP contribution is -2.38. The summed E-state index contributed by atoms with van der Waals surface area (Å²) in [4.78, 5) is 10.9. The molecule has 0 amide bonds. The number of nitrogens with one attached hydrogen (secondary N) is 1. The van der Waals surface area contributed by atoms with E-state index in [4.69, 9.17) is 17.3 Å². The van der Waals surface area contributed by atoms with E-state index in [0.29, 0.717) is 12.1 Å². The summed E-state index contributed by atoms with van der Waals surface area (Å²) in [5.41, 5.74) is 7.11. The number of nitrogen functional groups attached to an aromatic ring is 1. The molecule has 1 rings (SSSR count). The Balaban J connectivity index is 2.64. The van der Waals surface area contributed by atoms with Crippen LogP contribution in [0.2, 0.25) is 0 Å². The van der Waals surface area contributed by atoms with Crippen LogP contribution in [0.4, 0.5) is 5.69 Å². The number of rotatable bonds is 5. The highest BCUT2D eigenvalue weighted by molar-refractivity contribution is 5.74. The van der Waals surface area contributed by atoms with Crippen molar-refractivity contribution in [1.29, 1.82) is 0 Å². The Labute approximate surface area is 94.5 Å². The van der Waals surface area contributed by atoms with Crippen molar-refractivity contribution in [2.45, 2.75) is 12.5 Å². The lowest BCUT2D eigenvalue weighted by molar-refractivity contribution is -0.139. The minimum absolute atomic E-state index is 0.242. The molecule has 1 atom stereocenters. The molecule has 0 radical (unpaired) electrons. The van der Waals surface area contributed by atoms with Gasteiger partial charge in [0.05, 0.1) is 6.54 Å². The first kappa shape index (κ1) is 12.1. The minimum Gasteiger partial charge on any atom is -0.480 e. The summed E-state index contributed by atoms with van der Waals surface area (Å²) in [7, 11) is 0. The van der Waals surface area contributed by atoms with E-state index >= 15 is 0 Å². The average Bonchev–Trinajstić information content (AvgIpc) is 2.26. The van der Waals surface area contributed by atoms with E-state index in [0.717, 1.165) is 5.56 Å². The predicted octanol–water partition coefficient (Wildman–Crippen LogP) is 0.487. The molecule has 4 nitrogen and oxygen atoms in total. The third-order valence-corrected chi connectivity index (χ3v) is 2.17. The van der Waals surface area contributed by atoms with Crippen molar-refractivity contribution in [3.63, 3.8) is 0 Å². The molecule has 4 heteroatoms. The second-order valence-electron chi connectivity index (χ2n) is 3.42. The van der Waals surface area contributed by atoms with Crippen molar-refractivity contribution >= 4 is 11.7 Å². The van der Waals surface area contributed by atoms with E-state index in [1.54, 1.807) is 12.1 Å². The van der Waals surface area contributed by atoms with E-state index in [9.17, 15) is 4.79 Å². The normalized spacial score (nSPS) is 11.7. The zero-order valence-electron chi connectivity index (χ0n) is 8.81. The first-order valence-corrected chi connectivity index (χ1v) is 4.87. The standard InChI is InChI=1S/C12H14N2O2/c1-2-7-14-11(12(15)16)8-9-3-5-10(13)6-4-9/h1,3-6,11,14H,7-8,13H2,(H,15,16)/t11-/m0/s1. The number of benzene rings is 1. The van der Waals surface area contributed by atoms with Crippen molar-refractivity contribution < 1.29 is 9.90 Å². The van der Waals surface area contributed by atoms with Gasteiger partial charge in [-0.05, 0) is 24.1 Å². The van der Waals surface area contributed by atoms with Crippen LogP contribution in [0.1, 0.15) is 5.56 Å². The van der Waals surface area contributed by atoms with E-state index < -0.39 is 12.0 Å². The lowest BCUT2D eigenvalue weighted by atomic mass is 10.1. The highest BCUT2D eigenvalue weighted by atomic mass is 16.4. The Bertz CT molecular complexity index is 392. The maximum absolute atomic E-state index is 10.9. The highest BCUT2D eigenvalue weighted by Crippen LogP contribution is 2.08. The first-order valence-electron chi connectivity index (χ1n) is 4.87. The van der Waals surface area contributed by atoms with Crippen LogP contribution in [0.25, 0.3) is 0 Å². The van der Waals surface area contributed by atoms with E-state index in [2.05, 4.69) is 11.2 Å². The molecule has 0 fully saturated rings. The third kappa shape index (κ3) is 3.64. The van der Waals surface area contributed by atoms with Crippen LogP contribution in [0.15, 0.2) is 24.3 Å². The molecule has 1 aromatic rings. The molecule has 0 unspecified atom stereocenters. The van der Waals surface area contributed by atoms with Gasteiger partial charge < -0.3 is 10.8 Å². The van der Waals surface area contributed by atoms with Gasteiger partial charge in [0.2, 0.25) is 0 Å². The Hall–Kier alpha value is -1.99. The van der Waals surface area contributed by atoms with Gasteiger partial charge in [-0.3, -0.25) is 10.1 Å². The first-order chi connectivity index (χ1) is 7.63. The summed E-state index contributed by atoms with van der Waals surface area (Å²) >= 11 is 0. The van der Waals surface area contributed by atoms with Gasteiger partial charge in [-0.15, -0.1) is 6.42 Å². The molecule has 16 heavy (non-hydrogen) atoms. The number of carbonyl (C=O) groups is 1. The Morgan fingerprint density at radius 2 is 2.12 bits per heavy atom. The molecule has 0 heterocycles. The Kier molecular flexibility index (Phi) is 4.37. The van der Waals surface area contributed by atoms with E-state index in [1.807, 2.05) is 12.1 Å². The van der Waals surface area contributed by atoms with E-state index in [1.165, 1.54) is 0 Å². The van der Waals surface area contributed by atoms with Gasteiger partial charge in [0.15, 0.2) is 0 Å². The molecule has 0 aliphatic heterocycles. The number of carboxylic acids is 1. The number of hydrogen-bond donors (Lipinski definition) is 3. The summed E-state index contributed by atoms with van der Waals surface area (Å²) in [6, 6.07) is 6.44. The van der Waals surface area contributed by atoms with Gasteiger partial charge in [-0.1, -0.05) is 18.1 Å². The number of hydrogen-bond acceptors (Lipinski definition) is 3. The molecule has 0 saturated carbocycles. The summed E-state index contributed by atoms with van der Waals surface area (Å²) in [6.07, 6.45) is 5.45. The zero-order valence-corrected chi connectivity index (χ0v) is 8.81.